The van der Waals surface area contributed by atoms with Crippen molar-refractivity contribution in [2.24, 2.45) is 0 Å². The van der Waals surface area contributed by atoms with Gasteiger partial charge in [-0.1, -0.05) is 139 Å². The smallest absolute Gasteiger partial charge is 0.346 e. The first-order valence-corrected chi connectivity index (χ1v) is 23.0. The maximum absolute atomic E-state index is 11.5. The second-order valence-electron chi connectivity index (χ2n) is 16.8. The molecule has 0 unspecified atom stereocenters. The van der Waals surface area contributed by atoms with E-state index in [-0.39, 0.29) is 0 Å². The van der Waals surface area contributed by atoms with Gasteiger partial charge in [0, 0.05) is 17.1 Å². The first-order valence-electron chi connectivity index (χ1n) is 23.0. The predicted molar refractivity (Wildman–Crippen MR) is 291 cm³/mol. The molecule has 0 heterocycles. The molecule has 0 saturated carbocycles. The molecule has 0 spiro atoms. The number of carboxylic acid groups (broad SMARTS) is 4. The summed E-state index contributed by atoms with van der Waals surface area (Å²) < 4.78 is 0. The molecule has 13 nitrogen and oxygen atoms in total. The lowest BCUT2D eigenvalue weighted by Crippen LogP contribution is -2.09. The minimum atomic E-state index is -1.34. The number of aryl methyl sites for hydroxylation is 1. The fraction of sp³-hybridized carbons (Fsp3) is 0.0159. The monoisotopic (exact) mass is 995 g/mol. The van der Waals surface area contributed by atoms with Gasteiger partial charge >= 0.3 is 23.9 Å². The van der Waals surface area contributed by atoms with Gasteiger partial charge in [0.25, 0.3) is 5.70 Å². The van der Waals surface area contributed by atoms with Gasteiger partial charge in [-0.2, -0.15) is 15.8 Å². The molecule has 0 radical (unpaired) electrons. The van der Waals surface area contributed by atoms with Crippen molar-refractivity contribution >= 4 is 88.5 Å². The maximum atomic E-state index is 11.5. The number of aliphatic carboxylic acids is 4. The van der Waals surface area contributed by atoms with Gasteiger partial charge in [-0.05, 0) is 147 Å². The van der Waals surface area contributed by atoms with E-state index in [0.29, 0.717) is 22.3 Å². The molecule has 76 heavy (non-hydrogen) atoms. The number of carbonyl (C=O) groups is 4. The van der Waals surface area contributed by atoms with Crippen LogP contribution in [-0.2, 0) is 19.2 Å². The Kier molecular flexibility index (Phi) is 16.7. The summed E-state index contributed by atoms with van der Waals surface area (Å²) in [7, 11) is 0. The van der Waals surface area contributed by atoms with E-state index in [9.17, 15) is 55.4 Å². The number of anilines is 3. The Morgan fingerprint density at radius 2 is 0.645 bits per heavy atom. The van der Waals surface area contributed by atoms with Crippen LogP contribution in [0, 0.1) is 47.5 Å². The van der Waals surface area contributed by atoms with Gasteiger partial charge < -0.3 is 25.3 Å². The summed E-state index contributed by atoms with van der Waals surface area (Å²) in [4.78, 5) is 51.3. The topological polar surface area (TPSA) is 228 Å². The Morgan fingerprint density at radius 3 is 0.895 bits per heavy atom. The molecular weight excluding hydrogens is 955 g/mol. The summed E-state index contributed by atoms with van der Waals surface area (Å²) in [5, 5.41) is 65.6. The van der Waals surface area contributed by atoms with E-state index in [0.717, 1.165) is 67.2 Å². The summed E-state index contributed by atoms with van der Waals surface area (Å²) in [6.07, 6.45) is 9.12. The molecule has 4 N–H and O–H groups in total. The average Bonchev–Trinajstić information content (AvgIpc) is 3.43. The molecule has 7 aromatic rings. The minimum Gasteiger partial charge on any atom is -0.486 e. The lowest BCUT2D eigenvalue weighted by atomic mass is 9.93. The van der Waals surface area contributed by atoms with E-state index in [1.54, 1.807) is 66.7 Å². The summed E-state index contributed by atoms with van der Waals surface area (Å²) in [5.41, 5.74) is 10.3. The van der Waals surface area contributed by atoms with E-state index in [2.05, 4.69) is 9.74 Å². The number of nitriles is 3. The van der Waals surface area contributed by atoms with Gasteiger partial charge in [-0.15, -0.1) is 0 Å². The lowest BCUT2D eigenvalue weighted by molar-refractivity contribution is -0.133. The highest BCUT2D eigenvalue weighted by molar-refractivity contribution is 5.99. The highest BCUT2D eigenvalue weighted by Gasteiger charge is 2.16. The molecule has 0 saturated heterocycles. The molecule has 0 aromatic heterocycles. The van der Waals surface area contributed by atoms with Crippen LogP contribution in [0.5, 0.6) is 0 Å². The first kappa shape index (κ1) is 52.4. The number of benzene rings is 7. The van der Waals surface area contributed by atoms with Crippen molar-refractivity contribution in [3.63, 3.8) is 0 Å². The number of carboxylic acids is 4. The van der Waals surface area contributed by atoms with Gasteiger partial charge in [-0.3, -0.25) is 4.79 Å². The Balaban J connectivity index is 1.27. The quantitative estimate of drug-likeness (QED) is 0.0289. The van der Waals surface area contributed by atoms with Crippen molar-refractivity contribution in [1.82, 2.24) is 0 Å². The molecule has 7 rings (SSSR count). The van der Waals surface area contributed by atoms with E-state index < -0.39 is 46.3 Å². The van der Waals surface area contributed by atoms with Gasteiger partial charge in [0.1, 0.15) is 34.9 Å². The average molecular weight is 996 g/mol. The van der Waals surface area contributed by atoms with Crippen LogP contribution in [0.25, 0.3) is 52.4 Å². The van der Waals surface area contributed by atoms with Crippen molar-refractivity contribution in [3.8, 4) is 18.2 Å². The third kappa shape index (κ3) is 13.1. The zero-order valence-corrected chi connectivity index (χ0v) is 40.3. The SMILES string of the molecule is [C-]#[N+]/C(=C\c1ccc(/C(=C/c2ccc(N(c3ccc(C)cc3)c3ccc(C=C(c4ccc(/C=C(\C#N)C(=O)O)cc4)c4ccc(/C=C(\C#N)C(=O)O)cc4)cc3)cc2)c2ccc(/C=C(\C#N)C(=O)O)cc2)cc1)C(=O)O. The van der Waals surface area contributed by atoms with Crippen molar-refractivity contribution < 1.29 is 39.6 Å². The number of hydrogen-bond acceptors (Lipinski definition) is 8. The largest absolute Gasteiger partial charge is 0.486 e. The molecule has 0 amide bonds. The van der Waals surface area contributed by atoms with Gasteiger partial charge in [0.05, 0.1) is 6.57 Å². The van der Waals surface area contributed by atoms with Crippen LogP contribution >= 0.6 is 0 Å². The zero-order valence-electron chi connectivity index (χ0n) is 40.3. The molecule has 0 bridgehead atoms. The fourth-order valence-electron chi connectivity index (χ4n) is 7.84. The van der Waals surface area contributed by atoms with Crippen LogP contribution in [0.15, 0.2) is 192 Å². The molecule has 7 aromatic carbocycles. The highest BCUT2D eigenvalue weighted by Crippen LogP contribution is 2.37. The van der Waals surface area contributed by atoms with Gasteiger partial charge in [0.15, 0.2) is 0 Å². The molecule has 0 atom stereocenters. The lowest BCUT2D eigenvalue weighted by Gasteiger charge is -2.26. The third-order valence-electron chi connectivity index (χ3n) is 11.7. The van der Waals surface area contributed by atoms with E-state index >= 15 is 0 Å². The molecule has 0 aliphatic carbocycles. The van der Waals surface area contributed by atoms with Crippen molar-refractivity contribution in [3.05, 3.63) is 265 Å². The minimum absolute atomic E-state index is 0.411. The molecular formula is C63H41N5O8. The second kappa shape index (κ2) is 24.2. The van der Waals surface area contributed by atoms with Crippen LogP contribution in [-0.4, -0.2) is 44.3 Å². The van der Waals surface area contributed by atoms with Gasteiger partial charge in [0.2, 0.25) is 0 Å². The summed E-state index contributed by atoms with van der Waals surface area (Å²) in [6, 6.07) is 57.3. The standard InChI is InChI=1S/C63H41N5O8/c1-40-3-25-54(26-4-40)68(55-27-13-44(14-28-55)34-57(47-17-5-41(6-18-47)31-51(37-64)60(69)70)48-19-7-42(8-20-48)32-52(38-65)61(71)72)56-29-15-45(16-30-56)35-58(49-21-9-43(10-22-49)33-53(39-66)62(73)74)50-23-11-46(12-24-50)36-59(67-2)63(75)76/h3-36H,1H3,(H,69,70)(H,71,72)(H,73,74)(H,75,76)/b51-31+,52-32+,53-33+,58-35+,59-36-. The Morgan fingerprint density at radius 1 is 0.395 bits per heavy atom. The van der Waals surface area contributed by atoms with E-state index in [4.69, 9.17) is 6.57 Å². The summed E-state index contributed by atoms with van der Waals surface area (Å²) in [6.45, 7) is 9.26. The Labute approximate surface area is 437 Å². The molecule has 366 valence electrons. The third-order valence-corrected chi connectivity index (χ3v) is 11.7. The molecule has 0 aliphatic rings. The zero-order chi connectivity index (χ0) is 54.3. The van der Waals surface area contributed by atoms with Crippen LogP contribution in [0.2, 0.25) is 0 Å². The molecule has 0 fully saturated rings. The Hall–Kier alpha value is -11.4. The summed E-state index contributed by atoms with van der Waals surface area (Å²) >= 11 is 0. The highest BCUT2D eigenvalue weighted by atomic mass is 16.4. The van der Waals surface area contributed by atoms with Crippen LogP contribution < -0.4 is 4.90 Å². The first-order chi connectivity index (χ1) is 36.7. The number of rotatable bonds is 17. The van der Waals surface area contributed by atoms with Gasteiger partial charge in [-0.25, -0.2) is 19.2 Å². The number of hydrogen-bond donors (Lipinski definition) is 4. The van der Waals surface area contributed by atoms with E-state index in [1.807, 2.05) is 140 Å². The molecule has 0 aliphatic heterocycles. The van der Waals surface area contributed by atoms with Crippen LogP contribution in [0.3, 0.4) is 0 Å². The second-order valence-corrected chi connectivity index (χ2v) is 16.8. The summed E-state index contributed by atoms with van der Waals surface area (Å²) in [5.74, 6) is -5.35. The van der Waals surface area contributed by atoms with E-state index in [1.165, 1.54) is 24.3 Å². The van der Waals surface area contributed by atoms with Crippen molar-refractivity contribution in [1.29, 1.82) is 15.8 Å². The molecule has 13 heteroatoms. The fourth-order valence-corrected chi connectivity index (χ4v) is 7.84. The Bertz CT molecular complexity index is 3340. The van der Waals surface area contributed by atoms with Crippen LogP contribution in [0.1, 0.15) is 61.2 Å². The maximum Gasteiger partial charge on any atom is 0.346 e. The number of nitrogens with zero attached hydrogens (tertiary/aromatic N) is 5. The van der Waals surface area contributed by atoms with Crippen LogP contribution in [0.4, 0.5) is 17.1 Å². The predicted octanol–water partition coefficient (Wildman–Crippen LogP) is 13.0. The van der Waals surface area contributed by atoms with Crippen molar-refractivity contribution in [2.75, 3.05) is 4.90 Å². The van der Waals surface area contributed by atoms with Crippen molar-refractivity contribution in [2.45, 2.75) is 6.92 Å². The normalized spacial score (nSPS) is 11.7.